The maximum atomic E-state index is 11.9. The van der Waals surface area contributed by atoms with Gasteiger partial charge in [-0.15, -0.1) is 0 Å². The van der Waals surface area contributed by atoms with E-state index in [2.05, 4.69) is 13.8 Å². The number of rotatable bonds is 13. The van der Waals surface area contributed by atoms with Crippen LogP contribution < -0.4 is 4.74 Å². The number of hydrogen-bond acceptors (Lipinski definition) is 4. The molecule has 0 amide bonds. The Morgan fingerprint density at radius 1 is 0.840 bits per heavy atom. The minimum absolute atomic E-state index is 0.227. The molecular weight excluding hydrogens is 316 g/mol. The molecule has 4 nitrogen and oxygen atoms in total. The SMILES string of the molecule is CCCCCCCOC(=O)CCCC(=O)Oc1ccccc1CCC. The number of esters is 2. The van der Waals surface area contributed by atoms with Crippen LogP contribution in [0.25, 0.3) is 0 Å². The minimum atomic E-state index is -0.295. The largest absolute Gasteiger partial charge is 0.466 e. The fourth-order valence-electron chi connectivity index (χ4n) is 2.59. The first-order valence-electron chi connectivity index (χ1n) is 9.61. The summed E-state index contributed by atoms with van der Waals surface area (Å²) in [6, 6.07) is 7.60. The van der Waals surface area contributed by atoms with Gasteiger partial charge in [-0.1, -0.05) is 64.2 Å². The molecule has 0 N–H and O–H groups in total. The Labute approximate surface area is 151 Å². The normalized spacial score (nSPS) is 10.5. The van der Waals surface area contributed by atoms with Crippen LogP contribution in [-0.2, 0) is 20.7 Å². The van der Waals surface area contributed by atoms with Gasteiger partial charge in [0.1, 0.15) is 5.75 Å². The lowest BCUT2D eigenvalue weighted by Crippen LogP contribution is -2.11. The van der Waals surface area contributed by atoms with E-state index in [1.807, 2.05) is 24.3 Å². The van der Waals surface area contributed by atoms with Crippen LogP contribution in [0.5, 0.6) is 5.75 Å². The number of benzene rings is 1. The third kappa shape index (κ3) is 9.90. The Morgan fingerprint density at radius 2 is 1.56 bits per heavy atom. The molecule has 0 spiro atoms. The average molecular weight is 348 g/mol. The van der Waals surface area contributed by atoms with E-state index in [9.17, 15) is 9.59 Å². The van der Waals surface area contributed by atoms with Crippen molar-refractivity contribution in [2.75, 3.05) is 6.61 Å². The zero-order chi connectivity index (χ0) is 18.3. The number of ether oxygens (including phenoxy) is 2. The Kier molecular flexibility index (Phi) is 11.4. The monoisotopic (exact) mass is 348 g/mol. The van der Waals surface area contributed by atoms with Crippen LogP contribution in [0.15, 0.2) is 24.3 Å². The molecule has 0 aliphatic carbocycles. The molecule has 0 radical (unpaired) electrons. The van der Waals surface area contributed by atoms with Gasteiger partial charge in [0, 0.05) is 12.8 Å². The summed E-state index contributed by atoms with van der Waals surface area (Å²) in [4.78, 5) is 23.6. The second kappa shape index (κ2) is 13.5. The van der Waals surface area contributed by atoms with E-state index in [1.54, 1.807) is 0 Å². The Bertz CT molecular complexity index is 510. The zero-order valence-corrected chi connectivity index (χ0v) is 15.7. The smallest absolute Gasteiger partial charge is 0.311 e. The lowest BCUT2D eigenvalue weighted by molar-refractivity contribution is -0.144. The van der Waals surface area contributed by atoms with Crippen LogP contribution in [0.3, 0.4) is 0 Å². The van der Waals surface area contributed by atoms with E-state index in [1.165, 1.54) is 19.3 Å². The highest BCUT2D eigenvalue weighted by Gasteiger charge is 2.10. The van der Waals surface area contributed by atoms with Crippen molar-refractivity contribution in [3.05, 3.63) is 29.8 Å². The van der Waals surface area contributed by atoms with Crippen LogP contribution in [0.4, 0.5) is 0 Å². The number of carbonyl (C=O) groups is 2. The molecule has 0 aromatic heterocycles. The zero-order valence-electron chi connectivity index (χ0n) is 15.7. The molecule has 140 valence electrons. The number of unbranched alkanes of at least 4 members (excludes halogenated alkanes) is 4. The fourth-order valence-corrected chi connectivity index (χ4v) is 2.59. The van der Waals surface area contributed by atoms with Gasteiger partial charge < -0.3 is 9.47 Å². The Morgan fingerprint density at radius 3 is 2.32 bits per heavy atom. The van der Waals surface area contributed by atoms with Crippen molar-refractivity contribution >= 4 is 11.9 Å². The number of aryl methyl sites for hydroxylation is 1. The van der Waals surface area contributed by atoms with E-state index < -0.39 is 0 Å². The average Bonchev–Trinajstić information content (AvgIpc) is 2.60. The van der Waals surface area contributed by atoms with Gasteiger partial charge in [0.05, 0.1) is 6.61 Å². The molecule has 0 saturated carbocycles. The summed E-state index contributed by atoms with van der Waals surface area (Å²) in [5.41, 5.74) is 1.04. The first-order valence-corrected chi connectivity index (χ1v) is 9.61. The van der Waals surface area contributed by atoms with Crippen molar-refractivity contribution < 1.29 is 19.1 Å². The molecule has 0 heterocycles. The highest BCUT2D eigenvalue weighted by Crippen LogP contribution is 2.20. The molecule has 0 bridgehead atoms. The molecular formula is C21H32O4. The second-order valence-electron chi connectivity index (χ2n) is 6.32. The summed E-state index contributed by atoms with van der Waals surface area (Å²) in [5, 5.41) is 0. The van der Waals surface area contributed by atoms with Crippen molar-refractivity contribution in [1.29, 1.82) is 0 Å². The second-order valence-corrected chi connectivity index (χ2v) is 6.32. The quantitative estimate of drug-likeness (QED) is 0.278. The van der Waals surface area contributed by atoms with Gasteiger partial charge in [-0.05, 0) is 30.9 Å². The van der Waals surface area contributed by atoms with Crippen LogP contribution in [0.2, 0.25) is 0 Å². The fraction of sp³-hybridized carbons (Fsp3) is 0.619. The molecule has 0 atom stereocenters. The summed E-state index contributed by atoms with van der Waals surface area (Å²) in [6.07, 6.45) is 8.49. The van der Waals surface area contributed by atoms with E-state index in [-0.39, 0.29) is 24.8 Å². The Hall–Kier alpha value is -1.84. The third-order valence-electron chi connectivity index (χ3n) is 3.99. The maximum absolute atomic E-state index is 11.9. The van der Waals surface area contributed by atoms with Crippen molar-refractivity contribution in [2.24, 2.45) is 0 Å². The standard InChI is InChI=1S/C21H32O4/c1-3-5-6-7-10-17-24-20(22)15-11-16-21(23)25-19-14-9-8-13-18(19)12-4-2/h8-9,13-14H,3-7,10-12,15-17H2,1-2H3. The van der Waals surface area contributed by atoms with E-state index >= 15 is 0 Å². The lowest BCUT2D eigenvalue weighted by atomic mass is 10.1. The van der Waals surface area contributed by atoms with Gasteiger partial charge in [0.25, 0.3) is 0 Å². The Balaban J connectivity index is 2.17. The molecule has 25 heavy (non-hydrogen) atoms. The molecule has 1 aromatic rings. The first-order chi connectivity index (χ1) is 12.2. The van der Waals surface area contributed by atoms with E-state index in [0.717, 1.165) is 31.2 Å². The maximum Gasteiger partial charge on any atom is 0.311 e. The van der Waals surface area contributed by atoms with Crippen LogP contribution in [0.1, 0.15) is 77.2 Å². The molecule has 0 aliphatic heterocycles. The molecule has 0 unspecified atom stereocenters. The summed E-state index contributed by atoms with van der Waals surface area (Å²) >= 11 is 0. The van der Waals surface area contributed by atoms with Crippen LogP contribution >= 0.6 is 0 Å². The van der Waals surface area contributed by atoms with Crippen LogP contribution in [0, 0.1) is 0 Å². The lowest BCUT2D eigenvalue weighted by Gasteiger charge is -2.09. The highest BCUT2D eigenvalue weighted by molar-refractivity contribution is 5.74. The summed E-state index contributed by atoms with van der Waals surface area (Å²) in [5.74, 6) is 0.106. The molecule has 1 rings (SSSR count). The van der Waals surface area contributed by atoms with Gasteiger partial charge in [-0.3, -0.25) is 9.59 Å². The molecule has 1 aromatic carbocycles. The van der Waals surface area contributed by atoms with Crippen LogP contribution in [-0.4, -0.2) is 18.5 Å². The molecule has 4 heteroatoms. The van der Waals surface area contributed by atoms with Crippen molar-refractivity contribution in [1.82, 2.24) is 0 Å². The minimum Gasteiger partial charge on any atom is -0.466 e. The van der Waals surface area contributed by atoms with E-state index in [4.69, 9.17) is 9.47 Å². The molecule has 0 aliphatic rings. The van der Waals surface area contributed by atoms with Crippen molar-refractivity contribution in [3.63, 3.8) is 0 Å². The number of hydrogen-bond donors (Lipinski definition) is 0. The molecule has 0 fully saturated rings. The number of para-hydroxylation sites is 1. The highest BCUT2D eigenvalue weighted by atomic mass is 16.5. The van der Waals surface area contributed by atoms with Gasteiger partial charge in [-0.25, -0.2) is 0 Å². The first kappa shape index (κ1) is 21.2. The van der Waals surface area contributed by atoms with Gasteiger partial charge in [0.15, 0.2) is 0 Å². The predicted molar refractivity (Wildman–Crippen MR) is 99.6 cm³/mol. The van der Waals surface area contributed by atoms with Gasteiger partial charge in [-0.2, -0.15) is 0 Å². The van der Waals surface area contributed by atoms with Gasteiger partial charge >= 0.3 is 11.9 Å². The third-order valence-corrected chi connectivity index (χ3v) is 3.99. The van der Waals surface area contributed by atoms with Gasteiger partial charge in [0.2, 0.25) is 0 Å². The summed E-state index contributed by atoms with van der Waals surface area (Å²) in [6.45, 7) is 4.75. The predicted octanol–water partition coefficient (Wildman–Crippen LogP) is 5.23. The summed E-state index contributed by atoms with van der Waals surface area (Å²) in [7, 11) is 0. The van der Waals surface area contributed by atoms with Crippen molar-refractivity contribution in [2.45, 2.75) is 78.1 Å². The molecule has 0 saturated heterocycles. The topological polar surface area (TPSA) is 52.6 Å². The van der Waals surface area contributed by atoms with E-state index in [0.29, 0.717) is 18.8 Å². The van der Waals surface area contributed by atoms with Crippen molar-refractivity contribution in [3.8, 4) is 5.75 Å². The number of carbonyl (C=O) groups excluding carboxylic acids is 2. The summed E-state index contributed by atoms with van der Waals surface area (Å²) < 4.78 is 10.6.